The number of carbonyl (C=O) groups is 2. The number of ether oxygens (including phenoxy) is 1. The molecular weight excluding hydrogens is 385 g/mol. The molecule has 0 spiro atoms. The lowest BCUT2D eigenvalue weighted by atomic mass is 10.1. The van der Waals surface area contributed by atoms with Crippen molar-refractivity contribution < 1.29 is 18.7 Å². The molecule has 1 N–H and O–H groups in total. The Balaban J connectivity index is 1.43. The maximum atomic E-state index is 13.8. The molecule has 4 rings (SSSR count). The van der Waals surface area contributed by atoms with Crippen LogP contribution in [-0.4, -0.2) is 49.0 Å². The van der Waals surface area contributed by atoms with Gasteiger partial charge in [0.2, 0.25) is 5.91 Å². The molecule has 1 fully saturated rings. The van der Waals surface area contributed by atoms with Crippen LogP contribution >= 0.6 is 0 Å². The fourth-order valence-electron chi connectivity index (χ4n) is 3.97. The number of hydrogen-bond acceptors (Lipinski definition) is 4. The maximum Gasteiger partial charge on any atom is 0.265 e. The number of fused-ring (bicyclic) bond motifs is 1. The molecule has 0 aliphatic carbocycles. The normalized spacial score (nSPS) is 18.4. The summed E-state index contributed by atoms with van der Waals surface area (Å²) in [5.41, 5.74) is 1.22. The Hall–Kier alpha value is -3.09. The zero-order valence-corrected chi connectivity index (χ0v) is 16.9. The standard InChI is InChI=1S/C23H26FN3O3/c24-18-9-3-2-8-17(18)14-25-22(28)16-27-15-21(23(29)26-12-6-1-7-13-26)30-20-11-5-4-10-19(20)27/h2-5,8-11,21H,1,6-7,12-16H2,(H,25,28)/t21-/m1/s1. The van der Waals surface area contributed by atoms with Crippen LogP contribution in [0.5, 0.6) is 5.75 Å². The molecule has 2 aliphatic heterocycles. The first-order chi connectivity index (χ1) is 14.6. The largest absolute Gasteiger partial charge is 0.477 e. The molecule has 1 saturated heterocycles. The first-order valence-corrected chi connectivity index (χ1v) is 10.4. The molecule has 2 aromatic carbocycles. The topological polar surface area (TPSA) is 61.9 Å². The third kappa shape index (κ3) is 4.56. The van der Waals surface area contributed by atoms with E-state index in [1.54, 1.807) is 18.2 Å². The van der Waals surface area contributed by atoms with Crippen molar-refractivity contribution in [2.24, 2.45) is 0 Å². The zero-order valence-electron chi connectivity index (χ0n) is 16.9. The van der Waals surface area contributed by atoms with Crippen molar-refractivity contribution in [2.75, 3.05) is 31.1 Å². The van der Waals surface area contributed by atoms with Gasteiger partial charge in [0, 0.05) is 25.2 Å². The molecule has 158 valence electrons. The van der Waals surface area contributed by atoms with E-state index in [0.29, 0.717) is 17.9 Å². The van der Waals surface area contributed by atoms with Gasteiger partial charge in [0.15, 0.2) is 6.10 Å². The Labute approximate surface area is 175 Å². The van der Waals surface area contributed by atoms with Crippen molar-refractivity contribution in [1.29, 1.82) is 0 Å². The Morgan fingerprint density at radius 2 is 1.77 bits per heavy atom. The lowest BCUT2D eigenvalue weighted by Gasteiger charge is -2.38. The highest BCUT2D eigenvalue weighted by Gasteiger charge is 2.34. The fraction of sp³-hybridized carbons (Fsp3) is 0.391. The van der Waals surface area contributed by atoms with Crippen molar-refractivity contribution in [3.8, 4) is 5.75 Å². The molecule has 2 aromatic rings. The summed E-state index contributed by atoms with van der Waals surface area (Å²) in [5.74, 6) is -0.0113. The Kier molecular flexibility index (Phi) is 6.16. The molecule has 2 heterocycles. The number of piperidine rings is 1. The van der Waals surface area contributed by atoms with E-state index in [9.17, 15) is 14.0 Å². The molecule has 0 bridgehead atoms. The molecule has 7 heteroatoms. The van der Waals surface area contributed by atoms with Crippen LogP contribution in [-0.2, 0) is 16.1 Å². The summed E-state index contributed by atoms with van der Waals surface area (Å²) in [6.45, 7) is 2.00. The molecule has 0 unspecified atom stereocenters. The second-order valence-electron chi connectivity index (χ2n) is 7.71. The average molecular weight is 411 g/mol. The van der Waals surface area contributed by atoms with Gasteiger partial charge >= 0.3 is 0 Å². The maximum absolute atomic E-state index is 13.8. The van der Waals surface area contributed by atoms with E-state index >= 15 is 0 Å². The van der Waals surface area contributed by atoms with E-state index < -0.39 is 6.10 Å². The Morgan fingerprint density at radius 3 is 2.57 bits per heavy atom. The Bertz CT molecular complexity index is 914. The number of anilines is 1. The molecular formula is C23H26FN3O3. The SMILES string of the molecule is O=C(CN1C[C@H](C(=O)N2CCCCC2)Oc2ccccc21)NCc1ccccc1F. The van der Waals surface area contributed by atoms with Crippen LogP contribution in [0.4, 0.5) is 10.1 Å². The quantitative estimate of drug-likeness (QED) is 0.822. The van der Waals surface area contributed by atoms with Gasteiger partial charge in [-0.05, 0) is 37.5 Å². The number of nitrogens with zero attached hydrogens (tertiary/aromatic N) is 2. The third-order valence-electron chi connectivity index (χ3n) is 5.57. The highest BCUT2D eigenvalue weighted by atomic mass is 19.1. The minimum Gasteiger partial charge on any atom is -0.477 e. The van der Waals surface area contributed by atoms with E-state index in [2.05, 4.69) is 5.32 Å². The molecule has 0 aromatic heterocycles. The molecule has 30 heavy (non-hydrogen) atoms. The first-order valence-electron chi connectivity index (χ1n) is 10.4. The predicted octanol–water partition coefficient (Wildman–Crippen LogP) is 2.72. The van der Waals surface area contributed by atoms with Crippen LogP contribution in [0, 0.1) is 5.82 Å². The van der Waals surface area contributed by atoms with E-state index in [0.717, 1.165) is 38.0 Å². The number of hydrogen-bond donors (Lipinski definition) is 1. The van der Waals surface area contributed by atoms with Gasteiger partial charge in [-0.15, -0.1) is 0 Å². The van der Waals surface area contributed by atoms with Crippen LogP contribution < -0.4 is 15.0 Å². The van der Waals surface area contributed by atoms with Gasteiger partial charge in [-0.3, -0.25) is 9.59 Å². The number of carbonyl (C=O) groups excluding carboxylic acids is 2. The lowest BCUT2D eigenvalue weighted by molar-refractivity contribution is -0.139. The zero-order chi connectivity index (χ0) is 20.9. The summed E-state index contributed by atoms with van der Waals surface area (Å²) in [6, 6.07) is 13.8. The van der Waals surface area contributed by atoms with Crippen LogP contribution in [0.1, 0.15) is 24.8 Å². The first kappa shape index (κ1) is 20.2. The fourth-order valence-corrected chi connectivity index (χ4v) is 3.97. The second-order valence-corrected chi connectivity index (χ2v) is 7.71. The van der Waals surface area contributed by atoms with E-state index in [4.69, 9.17) is 4.74 Å². The van der Waals surface area contributed by atoms with Crippen molar-refractivity contribution in [3.05, 3.63) is 59.9 Å². The van der Waals surface area contributed by atoms with Gasteiger partial charge in [-0.2, -0.15) is 0 Å². The lowest BCUT2D eigenvalue weighted by Crippen LogP contribution is -2.53. The summed E-state index contributed by atoms with van der Waals surface area (Å²) >= 11 is 0. The van der Waals surface area contributed by atoms with Gasteiger partial charge < -0.3 is 19.9 Å². The highest BCUT2D eigenvalue weighted by Crippen LogP contribution is 2.33. The van der Waals surface area contributed by atoms with Gasteiger partial charge in [0.1, 0.15) is 11.6 Å². The minimum atomic E-state index is -0.641. The monoisotopic (exact) mass is 411 g/mol. The summed E-state index contributed by atoms with van der Waals surface area (Å²) in [4.78, 5) is 29.3. The third-order valence-corrected chi connectivity index (χ3v) is 5.57. The number of rotatable bonds is 5. The van der Waals surface area contributed by atoms with Crippen LogP contribution in [0.3, 0.4) is 0 Å². The second kappa shape index (κ2) is 9.15. The van der Waals surface area contributed by atoms with Gasteiger partial charge in [0.05, 0.1) is 18.8 Å². The van der Waals surface area contributed by atoms with Crippen LogP contribution in [0.2, 0.25) is 0 Å². The molecule has 6 nitrogen and oxygen atoms in total. The molecule has 2 aliphatic rings. The van der Waals surface area contributed by atoms with Crippen molar-refractivity contribution in [1.82, 2.24) is 10.2 Å². The number of halogens is 1. The number of nitrogens with one attached hydrogen (secondary N) is 1. The number of benzene rings is 2. The van der Waals surface area contributed by atoms with Gasteiger partial charge in [-0.25, -0.2) is 4.39 Å². The summed E-state index contributed by atoms with van der Waals surface area (Å²) in [5, 5.41) is 2.77. The van der Waals surface area contributed by atoms with Crippen molar-refractivity contribution in [2.45, 2.75) is 31.9 Å². The van der Waals surface area contributed by atoms with E-state index in [-0.39, 0.29) is 30.7 Å². The molecule has 2 amide bonds. The average Bonchev–Trinajstić information content (AvgIpc) is 2.78. The minimum absolute atomic E-state index is 0.0269. The molecule has 1 atom stereocenters. The summed E-state index contributed by atoms with van der Waals surface area (Å²) in [6.07, 6.45) is 2.53. The van der Waals surface area contributed by atoms with Crippen LogP contribution in [0.15, 0.2) is 48.5 Å². The number of amides is 2. The van der Waals surface area contributed by atoms with Crippen LogP contribution in [0.25, 0.3) is 0 Å². The molecule has 0 radical (unpaired) electrons. The predicted molar refractivity (Wildman–Crippen MR) is 112 cm³/mol. The number of para-hydroxylation sites is 2. The highest BCUT2D eigenvalue weighted by molar-refractivity contribution is 5.86. The van der Waals surface area contributed by atoms with Gasteiger partial charge in [-0.1, -0.05) is 30.3 Å². The molecule has 0 saturated carbocycles. The van der Waals surface area contributed by atoms with E-state index in [1.165, 1.54) is 6.07 Å². The van der Waals surface area contributed by atoms with Crippen molar-refractivity contribution in [3.63, 3.8) is 0 Å². The van der Waals surface area contributed by atoms with Gasteiger partial charge in [0.25, 0.3) is 5.91 Å². The smallest absolute Gasteiger partial charge is 0.265 e. The van der Waals surface area contributed by atoms with E-state index in [1.807, 2.05) is 34.1 Å². The summed E-state index contributed by atoms with van der Waals surface area (Å²) < 4.78 is 19.8. The van der Waals surface area contributed by atoms with Crippen molar-refractivity contribution >= 4 is 17.5 Å². The summed E-state index contributed by atoms with van der Waals surface area (Å²) in [7, 11) is 0. The number of likely N-dealkylation sites (tertiary alicyclic amines) is 1. The Morgan fingerprint density at radius 1 is 1.03 bits per heavy atom.